The maximum atomic E-state index is 12.6. The first-order valence-corrected chi connectivity index (χ1v) is 6.71. The minimum atomic E-state index is -0.0518. The molecule has 0 bridgehead atoms. The molecular weight excluding hydrogens is 274 g/mol. The fourth-order valence-electron chi connectivity index (χ4n) is 2.07. The summed E-state index contributed by atoms with van der Waals surface area (Å²) in [6.45, 7) is 0.508. The van der Waals surface area contributed by atoms with E-state index in [0.717, 1.165) is 5.56 Å². The molecule has 0 aliphatic heterocycles. The Hall–Kier alpha value is -1.84. The summed E-state index contributed by atoms with van der Waals surface area (Å²) in [5, 5.41) is 0.485. The van der Waals surface area contributed by atoms with Gasteiger partial charge >= 0.3 is 0 Å². The zero-order chi connectivity index (χ0) is 14.5. The lowest BCUT2D eigenvalue weighted by atomic mass is 9.96. The lowest BCUT2D eigenvalue weighted by Crippen LogP contribution is -2.10. The minimum absolute atomic E-state index is 0.0518. The molecule has 104 valence electrons. The van der Waals surface area contributed by atoms with Crippen LogP contribution in [-0.2, 0) is 6.42 Å². The number of halogens is 1. The van der Waals surface area contributed by atoms with Gasteiger partial charge in [0.15, 0.2) is 5.78 Å². The molecular formula is C16H16ClNO2. The van der Waals surface area contributed by atoms with Crippen LogP contribution in [0.3, 0.4) is 0 Å². The highest BCUT2D eigenvalue weighted by Gasteiger charge is 2.14. The Kier molecular flexibility index (Phi) is 4.77. The van der Waals surface area contributed by atoms with Gasteiger partial charge in [-0.3, -0.25) is 4.79 Å². The molecule has 2 N–H and O–H groups in total. The van der Waals surface area contributed by atoms with E-state index in [1.807, 2.05) is 24.3 Å². The van der Waals surface area contributed by atoms with Gasteiger partial charge in [0.25, 0.3) is 0 Å². The Morgan fingerprint density at radius 1 is 1.25 bits per heavy atom. The van der Waals surface area contributed by atoms with Crippen LogP contribution in [0.1, 0.15) is 21.5 Å². The fourth-order valence-corrected chi connectivity index (χ4v) is 2.27. The zero-order valence-corrected chi connectivity index (χ0v) is 12.0. The number of carbonyl (C=O) groups excluding carboxylic acids is 1. The van der Waals surface area contributed by atoms with E-state index >= 15 is 0 Å². The molecule has 0 aromatic heterocycles. The highest BCUT2D eigenvalue weighted by atomic mass is 35.5. The van der Waals surface area contributed by atoms with Gasteiger partial charge in [-0.2, -0.15) is 0 Å². The third-order valence-corrected chi connectivity index (χ3v) is 3.40. The van der Waals surface area contributed by atoms with Gasteiger partial charge in [0.05, 0.1) is 12.1 Å². The molecule has 0 heterocycles. The van der Waals surface area contributed by atoms with E-state index in [4.69, 9.17) is 22.1 Å². The molecule has 2 rings (SSSR count). The number of hydrogen-bond acceptors (Lipinski definition) is 3. The van der Waals surface area contributed by atoms with Crippen LogP contribution in [-0.4, -0.2) is 19.4 Å². The maximum absolute atomic E-state index is 12.6. The topological polar surface area (TPSA) is 52.3 Å². The summed E-state index contributed by atoms with van der Waals surface area (Å²) in [6.07, 6.45) is 0.673. The van der Waals surface area contributed by atoms with E-state index in [0.29, 0.717) is 34.9 Å². The van der Waals surface area contributed by atoms with Crippen molar-refractivity contribution >= 4 is 17.4 Å². The molecule has 4 heteroatoms. The number of benzene rings is 2. The zero-order valence-electron chi connectivity index (χ0n) is 11.2. The second-order valence-corrected chi connectivity index (χ2v) is 4.78. The molecule has 0 spiro atoms. The molecule has 0 saturated carbocycles. The average Bonchev–Trinajstić information content (AvgIpc) is 2.48. The molecule has 0 aliphatic rings. The number of rotatable bonds is 5. The number of carbonyl (C=O) groups is 1. The third kappa shape index (κ3) is 3.00. The highest BCUT2D eigenvalue weighted by molar-refractivity contribution is 6.32. The lowest BCUT2D eigenvalue weighted by molar-refractivity contribution is 0.103. The Bertz CT molecular complexity index is 626. The molecule has 2 aromatic carbocycles. The number of ether oxygens (including phenoxy) is 1. The predicted molar refractivity (Wildman–Crippen MR) is 80.6 cm³/mol. The summed E-state index contributed by atoms with van der Waals surface area (Å²) in [7, 11) is 1.53. The maximum Gasteiger partial charge on any atom is 0.193 e. The van der Waals surface area contributed by atoms with Crippen LogP contribution in [0.4, 0.5) is 0 Å². The Labute approximate surface area is 123 Å². The van der Waals surface area contributed by atoms with Crippen molar-refractivity contribution in [1.29, 1.82) is 0 Å². The van der Waals surface area contributed by atoms with Crippen LogP contribution >= 0.6 is 11.6 Å². The standard InChI is InChI=1S/C16H16ClNO2/c1-20-15-10-12(6-7-14(15)17)16(19)13-5-3-2-4-11(13)8-9-18/h2-7,10H,8-9,18H2,1H3. The van der Waals surface area contributed by atoms with Crippen molar-refractivity contribution in [3.8, 4) is 5.75 Å². The van der Waals surface area contributed by atoms with Crippen LogP contribution in [0.25, 0.3) is 0 Å². The molecule has 0 atom stereocenters. The van der Waals surface area contributed by atoms with E-state index in [2.05, 4.69) is 0 Å². The molecule has 0 saturated heterocycles. The predicted octanol–water partition coefficient (Wildman–Crippen LogP) is 3.08. The summed E-state index contributed by atoms with van der Waals surface area (Å²) in [4.78, 5) is 12.6. The first kappa shape index (κ1) is 14.6. The van der Waals surface area contributed by atoms with Crippen LogP contribution in [0.15, 0.2) is 42.5 Å². The van der Waals surface area contributed by atoms with Crippen molar-refractivity contribution in [3.05, 3.63) is 64.2 Å². The van der Waals surface area contributed by atoms with Crippen molar-refractivity contribution in [1.82, 2.24) is 0 Å². The molecule has 3 nitrogen and oxygen atoms in total. The highest BCUT2D eigenvalue weighted by Crippen LogP contribution is 2.26. The largest absolute Gasteiger partial charge is 0.495 e. The smallest absolute Gasteiger partial charge is 0.193 e. The summed E-state index contributed by atoms with van der Waals surface area (Å²) in [5.41, 5.74) is 7.76. The van der Waals surface area contributed by atoms with E-state index in [-0.39, 0.29) is 5.78 Å². The summed E-state index contributed by atoms with van der Waals surface area (Å²) < 4.78 is 5.15. The van der Waals surface area contributed by atoms with Gasteiger partial charge in [-0.15, -0.1) is 0 Å². The summed E-state index contributed by atoms with van der Waals surface area (Å²) >= 11 is 5.98. The third-order valence-electron chi connectivity index (χ3n) is 3.09. The van der Waals surface area contributed by atoms with Gasteiger partial charge < -0.3 is 10.5 Å². The van der Waals surface area contributed by atoms with Gasteiger partial charge in [-0.1, -0.05) is 35.9 Å². The van der Waals surface area contributed by atoms with Gasteiger partial charge in [-0.05, 0) is 36.7 Å². The van der Waals surface area contributed by atoms with Crippen molar-refractivity contribution < 1.29 is 9.53 Å². The molecule has 0 unspecified atom stereocenters. The normalized spacial score (nSPS) is 10.3. The fraction of sp³-hybridized carbons (Fsp3) is 0.188. The molecule has 20 heavy (non-hydrogen) atoms. The quantitative estimate of drug-likeness (QED) is 0.861. The van der Waals surface area contributed by atoms with Gasteiger partial charge in [-0.25, -0.2) is 0 Å². The first-order valence-electron chi connectivity index (χ1n) is 6.33. The molecule has 0 amide bonds. The van der Waals surface area contributed by atoms with Crippen molar-refractivity contribution in [2.75, 3.05) is 13.7 Å². The Morgan fingerprint density at radius 2 is 2.00 bits per heavy atom. The van der Waals surface area contributed by atoms with E-state index in [1.54, 1.807) is 18.2 Å². The van der Waals surface area contributed by atoms with Crippen molar-refractivity contribution in [3.63, 3.8) is 0 Å². The number of hydrogen-bond donors (Lipinski definition) is 1. The summed E-state index contributed by atoms with van der Waals surface area (Å²) in [5.74, 6) is 0.442. The average molecular weight is 290 g/mol. The molecule has 0 aliphatic carbocycles. The number of nitrogens with two attached hydrogens (primary N) is 1. The molecule has 2 aromatic rings. The Morgan fingerprint density at radius 3 is 2.70 bits per heavy atom. The first-order chi connectivity index (χ1) is 9.67. The second kappa shape index (κ2) is 6.55. The number of ketones is 1. The van der Waals surface area contributed by atoms with E-state index in [9.17, 15) is 4.79 Å². The van der Waals surface area contributed by atoms with Crippen LogP contribution in [0.5, 0.6) is 5.75 Å². The summed E-state index contributed by atoms with van der Waals surface area (Å²) in [6, 6.07) is 12.5. The molecule has 0 fully saturated rings. The molecule has 0 radical (unpaired) electrons. The second-order valence-electron chi connectivity index (χ2n) is 4.37. The number of methoxy groups -OCH3 is 1. The van der Waals surface area contributed by atoms with E-state index < -0.39 is 0 Å². The SMILES string of the molecule is COc1cc(C(=O)c2ccccc2CCN)ccc1Cl. The van der Waals surface area contributed by atoms with Crippen LogP contribution < -0.4 is 10.5 Å². The van der Waals surface area contributed by atoms with Crippen LogP contribution in [0, 0.1) is 0 Å². The van der Waals surface area contributed by atoms with Gasteiger partial charge in [0.2, 0.25) is 0 Å². The minimum Gasteiger partial charge on any atom is -0.495 e. The van der Waals surface area contributed by atoms with Crippen molar-refractivity contribution in [2.24, 2.45) is 5.73 Å². The monoisotopic (exact) mass is 289 g/mol. The van der Waals surface area contributed by atoms with Crippen molar-refractivity contribution in [2.45, 2.75) is 6.42 Å². The van der Waals surface area contributed by atoms with Gasteiger partial charge in [0.1, 0.15) is 5.75 Å². The Balaban J connectivity index is 2.41. The lowest BCUT2D eigenvalue weighted by Gasteiger charge is -2.09. The van der Waals surface area contributed by atoms with Gasteiger partial charge in [0, 0.05) is 11.1 Å². The van der Waals surface area contributed by atoms with Crippen LogP contribution in [0.2, 0.25) is 5.02 Å². The van der Waals surface area contributed by atoms with E-state index in [1.165, 1.54) is 7.11 Å².